The van der Waals surface area contributed by atoms with Gasteiger partial charge >= 0.3 is 11.7 Å². The van der Waals surface area contributed by atoms with Crippen LogP contribution in [0.25, 0.3) is 0 Å². The molecule has 1 N–H and O–H groups in total. The van der Waals surface area contributed by atoms with Crippen molar-refractivity contribution >= 4 is 23.5 Å². The third-order valence-corrected chi connectivity index (χ3v) is 1.61. The number of carbonyl (C=O) groups is 1. The fourth-order valence-corrected chi connectivity index (χ4v) is 0.908. The average Bonchev–Trinajstić information content (AvgIpc) is 2.46. The largest absolute Gasteiger partial charge is 0.358 e. The first-order valence-electron chi connectivity index (χ1n) is 3.15. The van der Waals surface area contributed by atoms with Gasteiger partial charge in [0.2, 0.25) is 0 Å². The first-order chi connectivity index (χ1) is 6.07. The molecule has 1 aromatic heterocycles. The molecule has 0 aliphatic rings. The third-order valence-electron chi connectivity index (χ3n) is 1.44. The fourth-order valence-electron chi connectivity index (χ4n) is 0.823. The molecule has 0 aliphatic carbocycles. The van der Waals surface area contributed by atoms with Crippen molar-refractivity contribution in [1.29, 1.82) is 0 Å². The van der Waals surface area contributed by atoms with E-state index in [0.717, 1.165) is 10.8 Å². The van der Waals surface area contributed by atoms with Crippen LogP contribution < -0.4 is 4.84 Å². The summed E-state index contributed by atoms with van der Waals surface area (Å²) < 4.78 is 1.04. The molecule has 0 atom stereocenters. The summed E-state index contributed by atoms with van der Waals surface area (Å²) in [6, 6.07) is 0. The number of aromatic nitrogens is 2. The Labute approximate surface area is 77.6 Å². The van der Waals surface area contributed by atoms with E-state index in [2.05, 4.69) is 4.98 Å². The van der Waals surface area contributed by atoms with Crippen LogP contribution in [-0.2, 0) is 7.05 Å². The zero-order valence-electron chi connectivity index (χ0n) is 6.52. The molecule has 1 rings (SSSR count). The maximum absolute atomic E-state index is 10.9. The lowest BCUT2D eigenvalue weighted by atomic mass is 10.6. The summed E-state index contributed by atoms with van der Waals surface area (Å²) >= 11 is 5.02. The van der Waals surface area contributed by atoms with E-state index < -0.39 is 10.8 Å². The maximum Gasteiger partial charge on any atom is 0.343 e. The van der Waals surface area contributed by atoms with E-state index >= 15 is 0 Å². The number of hydrogen-bond donors (Lipinski definition) is 1. The number of nitrogens with zero attached hydrogens (tertiary/aromatic N) is 3. The normalized spacial score (nSPS) is 9.69. The first kappa shape index (κ1) is 9.46. The molecule has 0 unspecified atom stereocenters. The van der Waals surface area contributed by atoms with E-state index in [1.54, 1.807) is 4.84 Å². The van der Waals surface area contributed by atoms with Gasteiger partial charge in [0.25, 0.3) is 5.82 Å². The summed E-state index contributed by atoms with van der Waals surface area (Å²) in [5.41, 5.74) is 0. The lowest BCUT2D eigenvalue weighted by Crippen LogP contribution is -2.18. The van der Waals surface area contributed by atoms with E-state index in [9.17, 15) is 14.9 Å². The summed E-state index contributed by atoms with van der Waals surface area (Å²) in [5.74, 6) is -1.06. The van der Waals surface area contributed by atoms with Crippen LogP contribution in [0.4, 0.5) is 5.82 Å². The van der Waals surface area contributed by atoms with Crippen molar-refractivity contribution in [2.45, 2.75) is 0 Å². The Kier molecular flexibility index (Phi) is 2.47. The van der Waals surface area contributed by atoms with Crippen molar-refractivity contribution in [2.75, 3.05) is 0 Å². The molecule has 0 spiro atoms. The molecule has 0 saturated carbocycles. The van der Waals surface area contributed by atoms with Gasteiger partial charge in [-0.15, -0.1) is 0 Å². The summed E-state index contributed by atoms with van der Waals surface area (Å²) in [4.78, 5) is 25.9. The minimum absolute atomic E-state index is 0.110. The van der Waals surface area contributed by atoms with E-state index in [0.29, 0.717) is 0 Å². The highest BCUT2D eigenvalue weighted by Gasteiger charge is 2.21. The van der Waals surface area contributed by atoms with Gasteiger partial charge in [-0.1, -0.05) is 0 Å². The van der Waals surface area contributed by atoms with Gasteiger partial charge in [-0.05, 0) is 4.92 Å². The monoisotopic (exact) mass is 204 g/mol. The highest BCUT2D eigenvalue weighted by Crippen LogP contribution is 2.11. The van der Waals surface area contributed by atoms with Crippen LogP contribution in [0.1, 0.15) is 10.6 Å². The highest BCUT2D eigenvalue weighted by molar-refractivity contribution is 6.23. The zero-order valence-corrected chi connectivity index (χ0v) is 7.28. The summed E-state index contributed by atoms with van der Waals surface area (Å²) in [6.07, 6.45) is 0.988. The number of halogens is 1. The van der Waals surface area contributed by atoms with Crippen LogP contribution in [0.5, 0.6) is 0 Å². The Balaban J connectivity index is 3.13. The van der Waals surface area contributed by atoms with Crippen molar-refractivity contribution in [3.8, 4) is 0 Å². The molecule has 0 bridgehead atoms. The fraction of sp³-hybridized carbons (Fsp3) is 0.200. The Morgan fingerprint density at radius 1 is 1.85 bits per heavy atom. The van der Waals surface area contributed by atoms with E-state index in [4.69, 9.17) is 11.8 Å². The Hall–Kier alpha value is -1.63. The molecule has 0 fully saturated rings. The topological polar surface area (TPSA) is 90.1 Å². The van der Waals surface area contributed by atoms with Gasteiger partial charge in [0, 0.05) is 11.8 Å². The van der Waals surface area contributed by atoms with Crippen LogP contribution in [0.3, 0.4) is 0 Å². The Morgan fingerprint density at radius 2 is 2.46 bits per heavy atom. The minimum atomic E-state index is -0.683. The quantitative estimate of drug-likeness (QED) is 0.424. The van der Waals surface area contributed by atoms with E-state index in [1.807, 2.05) is 0 Å². The molecule has 70 valence electrons. The van der Waals surface area contributed by atoms with E-state index in [1.165, 1.54) is 7.05 Å². The van der Waals surface area contributed by atoms with Gasteiger partial charge in [0.15, 0.2) is 0 Å². The van der Waals surface area contributed by atoms with Crippen molar-refractivity contribution in [3.05, 3.63) is 22.1 Å². The second-order valence-electron chi connectivity index (χ2n) is 2.18. The van der Waals surface area contributed by atoms with Gasteiger partial charge in [0.05, 0.1) is 7.05 Å². The lowest BCUT2D eigenvalue weighted by molar-refractivity contribution is -0.391. The first-order valence-corrected chi connectivity index (χ1v) is 3.52. The smallest absolute Gasteiger partial charge is 0.343 e. The van der Waals surface area contributed by atoms with Crippen molar-refractivity contribution in [2.24, 2.45) is 7.05 Å². The van der Waals surface area contributed by atoms with Crippen molar-refractivity contribution < 1.29 is 9.72 Å². The third kappa shape index (κ3) is 1.59. The zero-order chi connectivity index (χ0) is 10.0. The Morgan fingerprint density at radius 3 is 2.85 bits per heavy atom. The Bertz CT molecular complexity index is 361. The van der Waals surface area contributed by atoms with Gasteiger partial charge in [0.1, 0.15) is 6.20 Å². The molecule has 13 heavy (non-hydrogen) atoms. The molecular formula is C5H5ClN4O3. The number of carbonyl (C=O) groups excluding carboxylic acids is 1. The SMILES string of the molecule is Cn1c([N+](=O)[O-])cnc1C(=O)NCl. The molecular weight excluding hydrogens is 200 g/mol. The van der Waals surface area contributed by atoms with Crippen molar-refractivity contribution in [1.82, 2.24) is 14.4 Å². The maximum atomic E-state index is 10.9. The summed E-state index contributed by atoms with van der Waals surface area (Å²) in [7, 11) is 1.35. The van der Waals surface area contributed by atoms with Crippen LogP contribution in [0.15, 0.2) is 6.20 Å². The molecule has 1 amide bonds. The standard InChI is InChI=1S/C5H5ClN4O3/c1-9-3(10(12)13)2-7-4(9)5(11)8-6/h2H,1H3,(H,8,11). The average molecular weight is 205 g/mol. The number of amides is 1. The predicted molar refractivity (Wildman–Crippen MR) is 43.2 cm³/mol. The number of nitrogens with one attached hydrogen (secondary N) is 1. The molecule has 1 heterocycles. The molecule has 0 saturated heterocycles. The van der Waals surface area contributed by atoms with E-state index in [-0.39, 0.29) is 11.6 Å². The number of rotatable bonds is 2. The van der Waals surface area contributed by atoms with Gasteiger partial charge in [-0.3, -0.25) is 9.63 Å². The van der Waals surface area contributed by atoms with Crippen LogP contribution in [0.2, 0.25) is 0 Å². The van der Waals surface area contributed by atoms with Gasteiger partial charge in [-0.2, -0.15) is 0 Å². The number of nitro groups is 1. The summed E-state index contributed by atoms with van der Waals surface area (Å²) in [5, 5.41) is 10.3. The highest BCUT2D eigenvalue weighted by atomic mass is 35.5. The van der Waals surface area contributed by atoms with Gasteiger partial charge in [-0.25, -0.2) is 9.55 Å². The molecule has 8 heteroatoms. The van der Waals surface area contributed by atoms with Crippen LogP contribution in [-0.4, -0.2) is 20.4 Å². The lowest BCUT2D eigenvalue weighted by Gasteiger charge is -1.95. The second kappa shape index (κ2) is 3.40. The molecule has 0 aliphatic heterocycles. The van der Waals surface area contributed by atoms with Crippen molar-refractivity contribution in [3.63, 3.8) is 0 Å². The number of hydrogen-bond acceptors (Lipinski definition) is 4. The molecule has 0 radical (unpaired) electrons. The molecule has 1 aromatic rings. The molecule has 7 nitrogen and oxygen atoms in total. The molecule has 0 aromatic carbocycles. The van der Waals surface area contributed by atoms with Crippen LogP contribution >= 0.6 is 11.8 Å². The summed E-state index contributed by atoms with van der Waals surface area (Å²) in [6.45, 7) is 0. The van der Waals surface area contributed by atoms with Gasteiger partial charge < -0.3 is 10.1 Å². The predicted octanol–water partition coefficient (Wildman–Crippen LogP) is 0.212. The second-order valence-corrected chi connectivity index (χ2v) is 2.37. The van der Waals surface area contributed by atoms with Crippen LogP contribution in [0, 0.1) is 10.1 Å². The minimum Gasteiger partial charge on any atom is -0.358 e. The number of imidazole rings is 1.